The van der Waals surface area contributed by atoms with Gasteiger partial charge in [0.25, 0.3) is 0 Å². The summed E-state index contributed by atoms with van der Waals surface area (Å²) in [4.78, 5) is 10.8. The van der Waals surface area contributed by atoms with Crippen LogP contribution in [0.2, 0.25) is 0 Å². The highest BCUT2D eigenvalue weighted by Crippen LogP contribution is 2.41. The van der Waals surface area contributed by atoms with Gasteiger partial charge < -0.3 is 29.4 Å². The highest BCUT2D eigenvalue weighted by molar-refractivity contribution is 6.19. The summed E-state index contributed by atoms with van der Waals surface area (Å²) in [5.74, 6) is 3.23. The zero-order chi connectivity index (χ0) is 22.5. The summed E-state index contributed by atoms with van der Waals surface area (Å²) in [6.07, 6.45) is 1.03. The van der Waals surface area contributed by atoms with E-state index in [0.29, 0.717) is 0 Å². The first-order valence-corrected chi connectivity index (χ1v) is 11.2. The van der Waals surface area contributed by atoms with Gasteiger partial charge >= 0.3 is 0 Å². The number of rotatable bonds is 6. The van der Waals surface area contributed by atoms with Crippen molar-refractivity contribution in [3.8, 4) is 17.2 Å². The maximum absolute atomic E-state index is 5.66. The summed E-state index contributed by atoms with van der Waals surface area (Å²) in [5, 5.41) is 9.13. The van der Waals surface area contributed by atoms with Gasteiger partial charge in [0.15, 0.2) is 11.5 Å². The van der Waals surface area contributed by atoms with E-state index >= 15 is 0 Å². The van der Waals surface area contributed by atoms with Crippen molar-refractivity contribution in [2.24, 2.45) is 0 Å². The summed E-state index contributed by atoms with van der Waals surface area (Å²) in [6, 6.07) is 14.6. The molecule has 0 radical (unpaired) electrons. The Morgan fingerprint density at radius 2 is 1.76 bits per heavy atom. The first-order chi connectivity index (χ1) is 16.1. The van der Waals surface area contributed by atoms with E-state index in [9.17, 15) is 0 Å². The van der Waals surface area contributed by atoms with Crippen molar-refractivity contribution in [1.29, 1.82) is 0 Å². The number of aromatic nitrogens is 2. The van der Waals surface area contributed by atoms with Crippen molar-refractivity contribution in [3.05, 3.63) is 42.5 Å². The molecule has 1 aliphatic heterocycles. The number of nitrogens with zero attached hydrogens (tertiary/aromatic N) is 2. The summed E-state index contributed by atoms with van der Waals surface area (Å²) in [6.45, 7) is 2.10. The number of hydrogen-bond acceptors (Lipinski definition) is 6. The summed E-state index contributed by atoms with van der Waals surface area (Å²) >= 11 is 0. The lowest BCUT2D eigenvalue weighted by molar-refractivity contribution is 0.174. The molecule has 3 heterocycles. The molecule has 7 heteroatoms. The third-order valence-corrected chi connectivity index (χ3v) is 6.29. The van der Waals surface area contributed by atoms with Gasteiger partial charge in [0.05, 0.1) is 12.6 Å². The Kier molecular flexibility index (Phi) is 4.66. The summed E-state index contributed by atoms with van der Waals surface area (Å²) in [5.41, 5.74) is 3.05. The molecule has 7 nitrogen and oxygen atoms in total. The molecule has 5 aromatic rings. The molecule has 0 amide bonds. The Hall–Kier alpha value is -3.71. The second kappa shape index (κ2) is 7.71. The third-order valence-electron chi connectivity index (χ3n) is 6.29. The first kappa shape index (κ1) is 19.9. The van der Waals surface area contributed by atoms with Crippen LogP contribution < -0.4 is 19.5 Å². The van der Waals surface area contributed by atoms with Gasteiger partial charge in [-0.25, -0.2) is 4.98 Å². The molecule has 6 rings (SSSR count). The monoisotopic (exact) mass is 442 g/mol. The highest BCUT2D eigenvalue weighted by atomic mass is 16.7. The van der Waals surface area contributed by atoms with Gasteiger partial charge in [0.1, 0.15) is 11.6 Å². The summed E-state index contributed by atoms with van der Waals surface area (Å²) in [7, 11) is 5.88. The number of pyridine rings is 1. The smallest absolute Gasteiger partial charge is 0.231 e. The fraction of sp³-hybridized carbons (Fsp3) is 0.269. The van der Waals surface area contributed by atoms with Gasteiger partial charge in [0.2, 0.25) is 6.79 Å². The van der Waals surface area contributed by atoms with E-state index in [1.807, 2.05) is 18.2 Å². The quantitative estimate of drug-likeness (QED) is 0.281. The van der Waals surface area contributed by atoms with E-state index in [2.05, 4.69) is 53.6 Å². The average molecular weight is 443 g/mol. The minimum absolute atomic E-state index is 0.243. The SMILES string of the molecule is COc1ccc2[nH]c3cc4c(cc3c2c1)c(NCCCN(C)C)nc1cc2c(cc14)OCO2. The molecule has 0 atom stereocenters. The molecule has 0 saturated carbocycles. The Morgan fingerprint density at radius 1 is 0.939 bits per heavy atom. The van der Waals surface area contributed by atoms with Crippen molar-refractivity contribution in [1.82, 2.24) is 14.9 Å². The normalized spacial score (nSPS) is 13.1. The number of fused-ring (bicyclic) bond motifs is 7. The van der Waals surface area contributed by atoms with Crippen molar-refractivity contribution in [3.63, 3.8) is 0 Å². The lowest BCUT2D eigenvalue weighted by atomic mass is 10.0. The fourth-order valence-corrected chi connectivity index (χ4v) is 4.63. The molecule has 2 aromatic heterocycles. The van der Waals surface area contributed by atoms with Crippen LogP contribution in [0.5, 0.6) is 17.2 Å². The Morgan fingerprint density at radius 3 is 2.58 bits per heavy atom. The number of aromatic amines is 1. The third kappa shape index (κ3) is 3.36. The van der Waals surface area contributed by atoms with E-state index in [4.69, 9.17) is 19.2 Å². The van der Waals surface area contributed by atoms with Crippen LogP contribution in [0.4, 0.5) is 5.82 Å². The average Bonchev–Trinajstić information content (AvgIpc) is 3.42. The number of H-pyrrole nitrogens is 1. The number of benzene rings is 3. The van der Waals surface area contributed by atoms with E-state index in [1.165, 1.54) is 0 Å². The maximum atomic E-state index is 5.66. The Labute approximate surface area is 191 Å². The van der Waals surface area contributed by atoms with E-state index in [-0.39, 0.29) is 6.79 Å². The zero-order valence-corrected chi connectivity index (χ0v) is 19.0. The largest absolute Gasteiger partial charge is 0.497 e. The van der Waals surface area contributed by atoms with E-state index < -0.39 is 0 Å². The first-order valence-electron chi connectivity index (χ1n) is 11.2. The van der Waals surface area contributed by atoms with Crippen molar-refractivity contribution in [2.45, 2.75) is 6.42 Å². The highest BCUT2D eigenvalue weighted by Gasteiger charge is 2.19. The van der Waals surface area contributed by atoms with Crippen LogP contribution >= 0.6 is 0 Å². The molecule has 2 N–H and O–H groups in total. The van der Waals surface area contributed by atoms with Gasteiger partial charge in [-0.1, -0.05) is 0 Å². The summed E-state index contributed by atoms with van der Waals surface area (Å²) < 4.78 is 16.7. The van der Waals surface area contributed by atoms with E-state index in [0.717, 1.165) is 86.1 Å². The molecule has 0 saturated heterocycles. The van der Waals surface area contributed by atoms with Crippen LogP contribution in [-0.2, 0) is 0 Å². The lowest BCUT2D eigenvalue weighted by Crippen LogP contribution is -2.16. The Balaban J connectivity index is 1.59. The molecule has 0 unspecified atom stereocenters. The topological polar surface area (TPSA) is 71.6 Å². The molecule has 0 bridgehead atoms. The number of methoxy groups -OCH3 is 1. The second-order valence-corrected chi connectivity index (χ2v) is 8.75. The molecule has 1 aliphatic rings. The Bertz CT molecular complexity index is 1520. The molecule has 3 aromatic carbocycles. The molecule has 168 valence electrons. The standard InChI is InChI=1S/C26H26N4O3/c1-30(2)8-4-7-27-26-20-10-18-17-9-15(31-3)5-6-21(17)28-22(18)11-16(20)19-12-24-25(33-14-32-24)13-23(19)29-26/h5-6,9-13,28H,4,7-8,14H2,1-3H3,(H,27,29). The van der Waals surface area contributed by atoms with Crippen molar-refractivity contribution >= 4 is 49.3 Å². The predicted octanol–water partition coefficient (Wildman–Crippen LogP) is 5.12. The van der Waals surface area contributed by atoms with Crippen LogP contribution in [0.15, 0.2) is 42.5 Å². The predicted molar refractivity (Wildman–Crippen MR) is 133 cm³/mol. The van der Waals surface area contributed by atoms with Crippen molar-refractivity contribution in [2.75, 3.05) is 46.4 Å². The van der Waals surface area contributed by atoms with Crippen LogP contribution in [-0.4, -0.2) is 56.0 Å². The second-order valence-electron chi connectivity index (χ2n) is 8.75. The van der Waals surface area contributed by atoms with Gasteiger partial charge in [-0.2, -0.15) is 0 Å². The minimum atomic E-state index is 0.243. The molecule has 33 heavy (non-hydrogen) atoms. The molecule has 0 spiro atoms. The number of ether oxygens (including phenoxy) is 3. The van der Waals surface area contributed by atoms with Crippen LogP contribution in [0.1, 0.15) is 6.42 Å². The molecule has 0 aliphatic carbocycles. The van der Waals surface area contributed by atoms with Crippen LogP contribution in [0, 0.1) is 0 Å². The van der Waals surface area contributed by atoms with Gasteiger partial charge in [-0.05, 0) is 68.8 Å². The van der Waals surface area contributed by atoms with Crippen LogP contribution in [0.3, 0.4) is 0 Å². The number of hydrogen-bond donors (Lipinski definition) is 2. The zero-order valence-electron chi connectivity index (χ0n) is 19.0. The fourth-order valence-electron chi connectivity index (χ4n) is 4.63. The lowest BCUT2D eigenvalue weighted by Gasteiger charge is -2.14. The number of anilines is 1. The maximum Gasteiger partial charge on any atom is 0.231 e. The van der Waals surface area contributed by atoms with Gasteiger partial charge in [-0.15, -0.1) is 0 Å². The van der Waals surface area contributed by atoms with Gasteiger partial charge in [-0.3, -0.25) is 0 Å². The number of nitrogens with one attached hydrogen (secondary N) is 2. The molecule has 0 fully saturated rings. The molecular formula is C26H26N4O3. The minimum Gasteiger partial charge on any atom is -0.497 e. The molecular weight excluding hydrogens is 416 g/mol. The van der Waals surface area contributed by atoms with Gasteiger partial charge in [0, 0.05) is 45.2 Å². The van der Waals surface area contributed by atoms with Crippen molar-refractivity contribution < 1.29 is 14.2 Å². The van der Waals surface area contributed by atoms with E-state index in [1.54, 1.807) is 7.11 Å². The van der Waals surface area contributed by atoms with Crippen LogP contribution in [0.25, 0.3) is 43.5 Å².